The van der Waals surface area contributed by atoms with Gasteiger partial charge in [-0.25, -0.2) is 14.4 Å². The quantitative estimate of drug-likeness (QED) is 0.698. The third-order valence-corrected chi connectivity index (χ3v) is 4.40. The molecular weight excluding hydrogens is 325 g/mol. The van der Waals surface area contributed by atoms with Crippen LogP contribution in [0.1, 0.15) is 27.7 Å². The van der Waals surface area contributed by atoms with E-state index in [1.165, 1.54) is 18.2 Å². The first kappa shape index (κ1) is 15.5. The van der Waals surface area contributed by atoms with Crippen molar-refractivity contribution >= 4 is 16.9 Å². The van der Waals surface area contributed by atoms with Crippen molar-refractivity contribution in [3.8, 4) is 0 Å². The van der Waals surface area contributed by atoms with E-state index in [1.807, 2.05) is 0 Å². The van der Waals surface area contributed by atoms with Gasteiger partial charge in [-0.15, -0.1) is 0 Å². The van der Waals surface area contributed by atoms with E-state index in [-0.39, 0.29) is 23.1 Å². The summed E-state index contributed by atoms with van der Waals surface area (Å²) in [6, 6.07) is 4.15. The van der Waals surface area contributed by atoms with Gasteiger partial charge in [0.25, 0.3) is 11.5 Å². The lowest BCUT2D eigenvalue weighted by Gasteiger charge is -2.18. The van der Waals surface area contributed by atoms with Gasteiger partial charge < -0.3 is 14.9 Å². The molecule has 2 N–H and O–H groups in total. The Balaban J connectivity index is 1.61. The summed E-state index contributed by atoms with van der Waals surface area (Å²) in [7, 11) is 0. The summed E-state index contributed by atoms with van der Waals surface area (Å²) >= 11 is 0. The number of halogens is 1. The third-order valence-electron chi connectivity index (χ3n) is 4.40. The largest absolute Gasteiger partial charge is 0.335 e. The molecule has 0 saturated heterocycles. The standard InChI is InChI=1S/C17H16FN5O2/c1-9-19-12-5-7-23(6-4-11(12)16(24)20-9)17(25)15-21-13-3-2-10(18)8-14(13)22-15/h2-3,8H,4-7H2,1H3,(H,21,22)(H,19,20,24). The zero-order valence-electron chi connectivity index (χ0n) is 13.6. The van der Waals surface area contributed by atoms with E-state index in [9.17, 15) is 14.0 Å². The minimum atomic E-state index is -0.388. The molecular formula is C17H16FN5O2. The summed E-state index contributed by atoms with van der Waals surface area (Å²) in [4.78, 5) is 40.7. The number of carbonyl (C=O) groups excluding carboxylic acids is 1. The van der Waals surface area contributed by atoms with Crippen LogP contribution in [0, 0.1) is 12.7 Å². The van der Waals surface area contributed by atoms with Crippen LogP contribution in [-0.2, 0) is 12.8 Å². The summed E-state index contributed by atoms with van der Waals surface area (Å²) in [6.07, 6.45) is 0.958. The van der Waals surface area contributed by atoms with Crippen molar-refractivity contribution in [1.29, 1.82) is 0 Å². The number of H-pyrrole nitrogens is 2. The van der Waals surface area contributed by atoms with Crippen LogP contribution in [0.2, 0.25) is 0 Å². The van der Waals surface area contributed by atoms with Gasteiger partial charge in [-0.05, 0) is 31.5 Å². The Morgan fingerprint density at radius 3 is 2.84 bits per heavy atom. The van der Waals surface area contributed by atoms with E-state index in [1.54, 1.807) is 11.8 Å². The molecule has 0 saturated carbocycles. The highest BCUT2D eigenvalue weighted by Gasteiger charge is 2.24. The lowest BCUT2D eigenvalue weighted by molar-refractivity contribution is 0.0752. The second kappa shape index (κ2) is 5.80. The predicted molar refractivity (Wildman–Crippen MR) is 89.0 cm³/mol. The van der Waals surface area contributed by atoms with Crippen LogP contribution < -0.4 is 5.56 Å². The Hall–Kier alpha value is -3.03. The topological polar surface area (TPSA) is 94.7 Å². The molecule has 0 unspecified atom stereocenters. The fourth-order valence-electron chi connectivity index (χ4n) is 3.17. The molecule has 3 heterocycles. The number of aromatic amines is 2. The lowest BCUT2D eigenvalue weighted by Crippen LogP contribution is -2.34. The van der Waals surface area contributed by atoms with Crippen molar-refractivity contribution in [3.05, 3.63) is 57.3 Å². The number of amides is 1. The van der Waals surface area contributed by atoms with Crippen LogP contribution in [0.15, 0.2) is 23.0 Å². The van der Waals surface area contributed by atoms with Crippen molar-refractivity contribution in [2.45, 2.75) is 19.8 Å². The number of fused-ring (bicyclic) bond motifs is 2. The monoisotopic (exact) mass is 341 g/mol. The van der Waals surface area contributed by atoms with Crippen LogP contribution in [0.5, 0.6) is 0 Å². The number of imidazole rings is 1. The number of aromatic nitrogens is 4. The molecule has 3 aromatic rings. The Kier molecular flexibility index (Phi) is 3.60. The van der Waals surface area contributed by atoms with Gasteiger partial charge in [0.1, 0.15) is 11.6 Å². The third kappa shape index (κ3) is 2.79. The van der Waals surface area contributed by atoms with Gasteiger partial charge in [-0.1, -0.05) is 0 Å². The van der Waals surface area contributed by atoms with E-state index >= 15 is 0 Å². The first-order valence-corrected chi connectivity index (χ1v) is 8.04. The van der Waals surface area contributed by atoms with E-state index in [4.69, 9.17) is 0 Å². The number of carbonyl (C=O) groups is 1. The first-order chi connectivity index (χ1) is 12.0. The molecule has 1 aliphatic rings. The van der Waals surface area contributed by atoms with Crippen molar-refractivity contribution in [2.24, 2.45) is 0 Å². The van der Waals surface area contributed by atoms with Gasteiger partial charge >= 0.3 is 0 Å². The molecule has 0 fully saturated rings. The molecule has 7 nitrogen and oxygen atoms in total. The molecule has 0 bridgehead atoms. The highest BCUT2D eigenvalue weighted by atomic mass is 19.1. The minimum absolute atomic E-state index is 0.143. The zero-order valence-corrected chi connectivity index (χ0v) is 13.6. The maximum Gasteiger partial charge on any atom is 0.289 e. The highest BCUT2D eigenvalue weighted by molar-refractivity contribution is 5.94. The molecule has 0 spiro atoms. The number of aryl methyl sites for hydroxylation is 1. The van der Waals surface area contributed by atoms with Crippen LogP contribution in [0.4, 0.5) is 4.39 Å². The molecule has 0 radical (unpaired) electrons. The molecule has 4 rings (SSSR count). The Bertz CT molecular complexity index is 1040. The average molecular weight is 341 g/mol. The average Bonchev–Trinajstić information content (AvgIpc) is 2.86. The highest BCUT2D eigenvalue weighted by Crippen LogP contribution is 2.16. The molecule has 2 aromatic heterocycles. The lowest BCUT2D eigenvalue weighted by atomic mass is 10.1. The number of rotatable bonds is 1. The summed E-state index contributed by atoms with van der Waals surface area (Å²) in [5, 5.41) is 0. The smallest absolute Gasteiger partial charge is 0.289 e. The van der Waals surface area contributed by atoms with Crippen molar-refractivity contribution in [3.63, 3.8) is 0 Å². The second-order valence-corrected chi connectivity index (χ2v) is 6.12. The number of nitrogens with zero attached hydrogens (tertiary/aromatic N) is 3. The van der Waals surface area contributed by atoms with Gasteiger partial charge in [0, 0.05) is 25.1 Å². The maximum absolute atomic E-state index is 13.3. The summed E-state index contributed by atoms with van der Waals surface area (Å²) < 4.78 is 13.3. The predicted octanol–water partition coefficient (Wildman–Crippen LogP) is 1.33. The summed E-state index contributed by atoms with van der Waals surface area (Å²) in [6.45, 7) is 2.60. The first-order valence-electron chi connectivity index (χ1n) is 8.04. The number of hydrogen-bond donors (Lipinski definition) is 2. The van der Waals surface area contributed by atoms with E-state index in [0.29, 0.717) is 48.4 Å². The van der Waals surface area contributed by atoms with E-state index < -0.39 is 0 Å². The van der Waals surface area contributed by atoms with Gasteiger partial charge in [0.2, 0.25) is 0 Å². The maximum atomic E-state index is 13.3. The van der Waals surface area contributed by atoms with Crippen molar-refractivity contribution in [2.75, 3.05) is 13.1 Å². The van der Waals surface area contributed by atoms with Gasteiger partial charge in [-0.2, -0.15) is 0 Å². The number of benzene rings is 1. The number of nitrogens with one attached hydrogen (secondary N) is 2. The van der Waals surface area contributed by atoms with E-state index in [2.05, 4.69) is 19.9 Å². The molecule has 0 aliphatic carbocycles. The summed E-state index contributed by atoms with van der Waals surface area (Å²) in [5.41, 5.74) is 2.25. The van der Waals surface area contributed by atoms with Crippen molar-refractivity contribution < 1.29 is 9.18 Å². The van der Waals surface area contributed by atoms with Crippen LogP contribution in [-0.4, -0.2) is 43.8 Å². The molecule has 1 amide bonds. The Morgan fingerprint density at radius 2 is 2.00 bits per heavy atom. The van der Waals surface area contributed by atoms with Crippen LogP contribution >= 0.6 is 0 Å². The number of hydrogen-bond acceptors (Lipinski definition) is 4. The molecule has 128 valence electrons. The zero-order chi connectivity index (χ0) is 17.6. The van der Waals surface area contributed by atoms with Gasteiger partial charge in [0.05, 0.1) is 16.7 Å². The molecule has 0 atom stereocenters. The van der Waals surface area contributed by atoms with Crippen LogP contribution in [0.3, 0.4) is 0 Å². The molecule has 8 heteroatoms. The molecule has 1 aromatic carbocycles. The molecule has 25 heavy (non-hydrogen) atoms. The summed E-state index contributed by atoms with van der Waals surface area (Å²) in [5.74, 6) is 0.0889. The second-order valence-electron chi connectivity index (χ2n) is 6.12. The van der Waals surface area contributed by atoms with Gasteiger partial charge in [-0.3, -0.25) is 9.59 Å². The molecule has 1 aliphatic heterocycles. The van der Waals surface area contributed by atoms with E-state index in [0.717, 1.165) is 5.69 Å². The Labute approximate surface area is 141 Å². The minimum Gasteiger partial charge on any atom is -0.335 e. The SMILES string of the molecule is Cc1nc2c(c(=O)[nH]1)CCN(C(=O)c1nc3ccc(F)cc3[nH]1)CC2. The normalized spacial score (nSPS) is 14.4. The van der Waals surface area contributed by atoms with Crippen LogP contribution in [0.25, 0.3) is 11.0 Å². The Morgan fingerprint density at radius 1 is 1.20 bits per heavy atom. The van der Waals surface area contributed by atoms with Gasteiger partial charge in [0.15, 0.2) is 5.82 Å². The van der Waals surface area contributed by atoms with Crippen molar-refractivity contribution in [1.82, 2.24) is 24.8 Å². The fraction of sp³-hybridized carbons (Fsp3) is 0.294. The fourth-order valence-corrected chi connectivity index (χ4v) is 3.17.